The van der Waals surface area contributed by atoms with Crippen molar-refractivity contribution in [1.29, 1.82) is 0 Å². The Morgan fingerprint density at radius 1 is 1.44 bits per heavy atom. The Morgan fingerprint density at radius 3 is 2.72 bits per heavy atom. The van der Waals surface area contributed by atoms with Crippen LogP contribution in [0.4, 0.5) is 5.82 Å². The van der Waals surface area contributed by atoms with Gasteiger partial charge in [0.1, 0.15) is 11.6 Å². The Bertz CT molecular complexity index is 458. The largest absolute Gasteiger partial charge is 0.369 e. The minimum absolute atomic E-state index is 0.0761. The summed E-state index contributed by atoms with van der Waals surface area (Å²) in [6, 6.07) is 1.55. The molecule has 0 aromatic carbocycles. The number of aromatic amines is 1. The van der Waals surface area contributed by atoms with Gasteiger partial charge in [-0.05, 0) is 18.3 Å². The Balaban J connectivity index is 2.07. The van der Waals surface area contributed by atoms with Crippen LogP contribution in [0.1, 0.15) is 58.2 Å². The van der Waals surface area contributed by atoms with E-state index in [0.717, 1.165) is 12.4 Å². The van der Waals surface area contributed by atoms with E-state index in [2.05, 4.69) is 22.2 Å². The molecular formula is C14H23N3O. The molecule has 0 amide bonds. The minimum Gasteiger partial charge on any atom is -0.369 e. The predicted molar refractivity (Wildman–Crippen MR) is 74.0 cm³/mol. The normalized spacial score (nSPS) is 18.2. The SMILES string of the molecule is CC(C)c1nc(NCC2(C)CCCC2)cc(=O)[nH]1. The van der Waals surface area contributed by atoms with Crippen molar-refractivity contribution < 1.29 is 0 Å². The molecule has 1 aromatic rings. The van der Waals surface area contributed by atoms with E-state index in [0.29, 0.717) is 11.2 Å². The lowest BCUT2D eigenvalue weighted by Gasteiger charge is -2.24. The van der Waals surface area contributed by atoms with Gasteiger partial charge in [0, 0.05) is 18.5 Å². The second kappa shape index (κ2) is 5.12. The van der Waals surface area contributed by atoms with Gasteiger partial charge in [-0.2, -0.15) is 0 Å². The van der Waals surface area contributed by atoms with Gasteiger partial charge >= 0.3 is 0 Å². The van der Waals surface area contributed by atoms with Crippen molar-refractivity contribution in [1.82, 2.24) is 9.97 Å². The Kier molecular flexibility index (Phi) is 3.73. The van der Waals surface area contributed by atoms with Gasteiger partial charge in [-0.15, -0.1) is 0 Å². The maximum Gasteiger partial charge on any atom is 0.252 e. The Labute approximate surface area is 108 Å². The molecular weight excluding hydrogens is 226 g/mol. The summed E-state index contributed by atoms with van der Waals surface area (Å²) < 4.78 is 0. The zero-order chi connectivity index (χ0) is 13.2. The molecule has 0 radical (unpaired) electrons. The summed E-state index contributed by atoms with van der Waals surface area (Å²) in [4.78, 5) is 18.8. The summed E-state index contributed by atoms with van der Waals surface area (Å²) in [7, 11) is 0. The third-order valence-corrected chi connectivity index (χ3v) is 3.81. The molecule has 0 aliphatic heterocycles. The van der Waals surface area contributed by atoms with Gasteiger partial charge in [0.05, 0.1) is 0 Å². The lowest BCUT2D eigenvalue weighted by molar-refractivity contribution is 0.361. The lowest BCUT2D eigenvalue weighted by Crippen LogP contribution is -2.24. The van der Waals surface area contributed by atoms with E-state index in [1.807, 2.05) is 13.8 Å². The maximum absolute atomic E-state index is 11.6. The third-order valence-electron chi connectivity index (χ3n) is 3.81. The van der Waals surface area contributed by atoms with Crippen LogP contribution in [0, 0.1) is 5.41 Å². The van der Waals surface area contributed by atoms with E-state index in [-0.39, 0.29) is 11.5 Å². The summed E-state index contributed by atoms with van der Waals surface area (Å²) in [6.45, 7) is 7.27. The van der Waals surface area contributed by atoms with Crippen LogP contribution in [0.25, 0.3) is 0 Å². The zero-order valence-electron chi connectivity index (χ0n) is 11.5. The van der Waals surface area contributed by atoms with Crippen LogP contribution in [0.15, 0.2) is 10.9 Å². The third kappa shape index (κ3) is 3.12. The predicted octanol–water partition coefficient (Wildman–Crippen LogP) is 2.89. The molecule has 0 saturated heterocycles. The van der Waals surface area contributed by atoms with E-state index in [1.165, 1.54) is 25.7 Å². The second-order valence-electron chi connectivity index (χ2n) is 6.04. The number of H-pyrrole nitrogens is 1. The Morgan fingerprint density at radius 2 is 2.11 bits per heavy atom. The highest BCUT2D eigenvalue weighted by molar-refractivity contribution is 5.33. The molecule has 18 heavy (non-hydrogen) atoms. The van der Waals surface area contributed by atoms with Gasteiger partial charge in [-0.3, -0.25) is 4.79 Å². The first kappa shape index (κ1) is 13.1. The molecule has 4 heteroatoms. The maximum atomic E-state index is 11.6. The number of anilines is 1. The molecule has 2 rings (SSSR count). The molecule has 1 heterocycles. The molecule has 0 bridgehead atoms. The standard InChI is InChI=1S/C14H23N3O/c1-10(2)13-16-11(8-12(18)17-13)15-9-14(3)6-4-5-7-14/h8,10H,4-7,9H2,1-3H3,(H2,15,16,17,18). The molecule has 0 spiro atoms. The monoisotopic (exact) mass is 249 g/mol. The average molecular weight is 249 g/mol. The lowest BCUT2D eigenvalue weighted by atomic mass is 9.89. The molecule has 1 aliphatic rings. The van der Waals surface area contributed by atoms with Crippen molar-refractivity contribution in [3.05, 3.63) is 22.2 Å². The van der Waals surface area contributed by atoms with E-state index < -0.39 is 0 Å². The second-order valence-corrected chi connectivity index (χ2v) is 6.04. The Hall–Kier alpha value is -1.32. The topological polar surface area (TPSA) is 57.8 Å². The van der Waals surface area contributed by atoms with Crippen LogP contribution in [0.3, 0.4) is 0 Å². The summed E-state index contributed by atoms with van der Waals surface area (Å²) >= 11 is 0. The van der Waals surface area contributed by atoms with E-state index >= 15 is 0 Å². The summed E-state index contributed by atoms with van der Waals surface area (Å²) in [6.07, 6.45) is 5.16. The van der Waals surface area contributed by atoms with Crippen LogP contribution in [-0.4, -0.2) is 16.5 Å². The molecule has 0 atom stereocenters. The van der Waals surface area contributed by atoms with Crippen molar-refractivity contribution in [2.45, 2.75) is 52.4 Å². The molecule has 1 aliphatic carbocycles. The average Bonchev–Trinajstić information content (AvgIpc) is 2.73. The van der Waals surface area contributed by atoms with Crippen molar-refractivity contribution in [2.75, 3.05) is 11.9 Å². The van der Waals surface area contributed by atoms with Crippen LogP contribution in [-0.2, 0) is 0 Å². The van der Waals surface area contributed by atoms with Crippen LogP contribution >= 0.6 is 0 Å². The number of aromatic nitrogens is 2. The van der Waals surface area contributed by atoms with Gasteiger partial charge in [-0.1, -0.05) is 33.6 Å². The number of hydrogen-bond donors (Lipinski definition) is 2. The number of rotatable bonds is 4. The van der Waals surface area contributed by atoms with Crippen molar-refractivity contribution >= 4 is 5.82 Å². The van der Waals surface area contributed by atoms with Gasteiger partial charge in [0.15, 0.2) is 0 Å². The molecule has 1 saturated carbocycles. The van der Waals surface area contributed by atoms with Gasteiger partial charge in [0.25, 0.3) is 5.56 Å². The van der Waals surface area contributed by atoms with Crippen molar-refractivity contribution in [2.24, 2.45) is 5.41 Å². The van der Waals surface area contributed by atoms with E-state index in [1.54, 1.807) is 6.07 Å². The fraction of sp³-hybridized carbons (Fsp3) is 0.714. The first-order valence-electron chi connectivity index (χ1n) is 6.84. The first-order valence-corrected chi connectivity index (χ1v) is 6.84. The van der Waals surface area contributed by atoms with Crippen LogP contribution < -0.4 is 10.9 Å². The quantitative estimate of drug-likeness (QED) is 0.862. The van der Waals surface area contributed by atoms with Gasteiger partial charge in [0.2, 0.25) is 0 Å². The fourth-order valence-corrected chi connectivity index (χ4v) is 2.55. The zero-order valence-corrected chi connectivity index (χ0v) is 11.5. The highest BCUT2D eigenvalue weighted by atomic mass is 16.1. The van der Waals surface area contributed by atoms with Crippen molar-refractivity contribution in [3.63, 3.8) is 0 Å². The first-order chi connectivity index (χ1) is 8.48. The van der Waals surface area contributed by atoms with Crippen molar-refractivity contribution in [3.8, 4) is 0 Å². The van der Waals surface area contributed by atoms with E-state index in [9.17, 15) is 4.79 Å². The molecule has 100 valence electrons. The van der Waals surface area contributed by atoms with Crippen LogP contribution in [0.2, 0.25) is 0 Å². The van der Waals surface area contributed by atoms with E-state index in [4.69, 9.17) is 0 Å². The van der Waals surface area contributed by atoms with Gasteiger partial charge < -0.3 is 10.3 Å². The minimum atomic E-state index is -0.0761. The summed E-state index contributed by atoms with van der Waals surface area (Å²) in [5.74, 6) is 1.69. The number of hydrogen-bond acceptors (Lipinski definition) is 3. The highest BCUT2D eigenvalue weighted by Crippen LogP contribution is 2.37. The number of nitrogens with zero attached hydrogens (tertiary/aromatic N) is 1. The van der Waals surface area contributed by atoms with Crippen LogP contribution in [0.5, 0.6) is 0 Å². The molecule has 2 N–H and O–H groups in total. The molecule has 0 unspecified atom stereocenters. The molecule has 1 aromatic heterocycles. The smallest absolute Gasteiger partial charge is 0.252 e. The fourth-order valence-electron chi connectivity index (χ4n) is 2.55. The molecule has 1 fully saturated rings. The summed E-state index contributed by atoms with van der Waals surface area (Å²) in [5.41, 5.74) is 0.287. The van der Waals surface area contributed by atoms with Gasteiger partial charge in [-0.25, -0.2) is 4.98 Å². The molecule has 4 nitrogen and oxygen atoms in total. The highest BCUT2D eigenvalue weighted by Gasteiger charge is 2.28. The summed E-state index contributed by atoms with van der Waals surface area (Å²) in [5, 5.41) is 3.33. The number of nitrogens with one attached hydrogen (secondary N) is 2.